The van der Waals surface area contributed by atoms with Crippen LogP contribution in [-0.4, -0.2) is 32.9 Å². The van der Waals surface area contributed by atoms with Gasteiger partial charge < -0.3 is 18.6 Å². The SMILES string of the molecule is COC[C@H](Oc1ccc2c(-c3ccccc3C)cc(=O)oc2c1)C(=O)OC. The molecule has 140 valence electrons. The van der Waals surface area contributed by atoms with Crippen molar-refractivity contribution in [2.45, 2.75) is 13.0 Å². The third-order valence-corrected chi connectivity index (χ3v) is 4.21. The number of ether oxygens (including phenoxy) is 3. The molecule has 0 aliphatic carbocycles. The average Bonchev–Trinajstić information content (AvgIpc) is 2.66. The van der Waals surface area contributed by atoms with Crippen molar-refractivity contribution in [3.8, 4) is 16.9 Å². The summed E-state index contributed by atoms with van der Waals surface area (Å²) >= 11 is 0. The smallest absolute Gasteiger partial charge is 0.349 e. The highest BCUT2D eigenvalue weighted by molar-refractivity contribution is 5.94. The molecule has 0 N–H and O–H groups in total. The zero-order valence-corrected chi connectivity index (χ0v) is 15.4. The average molecular weight is 368 g/mol. The van der Waals surface area contributed by atoms with Crippen LogP contribution in [0, 0.1) is 6.92 Å². The first-order chi connectivity index (χ1) is 13.0. The molecule has 0 amide bonds. The zero-order valence-electron chi connectivity index (χ0n) is 15.4. The Balaban J connectivity index is 2.05. The van der Waals surface area contributed by atoms with E-state index in [2.05, 4.69) is 0 Å². The maximum absolute atomic E-state index is 12.1. The van der Waals surface area contributed by atoms with Crippen molar-refractivity contribution in [1.29, 1.82) is 0 Å². The molecular formula is C21H20O6. The van der Waals surface area contributed by atoms with Gasteiger partial charge in [-0.3, -0.25) is 0 Å². The summed E-state index contributed by atoms with van der Waals surface area (Å²) in [6, 6.07) is 14.4. The van der Waals surface area contributed by atoms with Crippen molar-refractivity contribution >= 4 is 16.9 Å². The van der Waals surface area contributed by atoms with E-state index in [0.29, 0.717) is 11.3 Å². The number of rotatable bonds is 6. The van der Waals surface area contributed by atoms with Crippen LogP contribution < -0.4 is 10.4 Å². The number of esters is 1. The molecule has 2 aromatic carbocycles. The molecule has 1 aromatic heterocycles. The second-order valence-corrected chi connectivity index (χ2v) is 6.04. The van der Waals surface area contributed by atoms with Gasteiger partial charge >= 0.3 is 11.6 Å². The lowest BCUT2D eigenvalue weighted by atomic mass is 9.98. The Hall–Kier alpha value is -3.12. The molecule has 0 radical (unpaired) electrons. The molecule has 0 fully saturated rings. The molecule has 0 aliphatic heterocycles. The second kappa shape index (κ2) is 8.05. The van der Waals surface area contributed by atoms with Crippen molar-refractivity contribution in [3.63, 3.8) is 0 Å². The van der Waals surface area contributed by atoms with Crippen LogP contribution in [0.25, 0.3) is 22.1 Å². The summed E-state index contributed by atoms with van der Waals surface area (Å²) in [6.07, 6.45) is -0.913. The van der Waals surface area contributed by atoms with Crippen LogP contribution in [0.1, 0.15) is 5.56 Å². The summed E-state index contributed by atoms with van der Waals surface area (Å²) in [7, 11) is 2.75. The number of hydrogen-bond donors (Lipinski definition) is 0. The summed E-state index contributed by atoms with van der Waals surface area (Å²) in [5.41, 5.74) is 2.71. The van der Waals surface area contributed by atoms with E-state index in [1.807, 2.05) is 31.2 Å². The Kier molecular flexibility index (Phi) is 5.57. The lowest BCUT2D eigenvalue weighted by Crippen LogP contribution is -2.32. The predicted molar refractivity (Wildman–Crippen MR) is 101 cm³/mol. The summed E-state index contributed by atoms with van der Waals surface area (Å²) in [4.78, 5) is 23.9. The lowest BCUT2D eigenvalue weighted by Gasteiger charge is -2.16. The van der Waals surface area contributed by atoms with Gasteiger partial charge in [-0.2, -0.15) is 0 Å². The van der Waals surface area contributed by atoms with E-state index in [-0.39, 0.29) is 6.61 Å². The number of aryl methyl sites for hydroxylation is 1. The molecule has 6 heteroatoms. The van der Waals surface area contributed by atoms with Crippen LogP contribution >= 0.6 is 0 Å². The molecule has 1 atom stereocenters. The van der Waals surface area contributed by atoms with E-state index in [9.17, 15) is 9.59 Å². The Morgan fingerprint density at radius 3 is 2.56 bits per heavy atom. The monoisotopic (exact) mass is 368 g/mol. The lowest BCUT2D eigenvalue weighted by molar-refractivity contribution is -0.151. The van der Waals surface area contributed by atoms with Crippen LogP contribution in [-0.2, 0) is 14.3 Å². The third-order valence-electron chi connectivity index (χ3n) is 4.21. The number of carbonyl (C=O) groups excluding carboxylic acids is 1. The quantitative estimate of drug-likeness (QED) is 0.491. The molecule has 3 aromatic rings. The maximum Gasteiger partial charge on any atom is 0.349 e. The fourth-order valence-electron chi connectivity index (χ4n) is 2.91. The van der Waals surface area contributed by atoms with E-state index in [1.54, 1.807) is 18.2 Å². The highest BCUT2D eigenvalue weighted by Gasteiger charge is 2.21. The van der Waals surface area contributed by atoms with Gasteiger partial charge in [0.05, 0.1) is 13.7 Å². The minimum Gasteiger partial charge on any atom is -0.476 e. The van der Waals surface area contributed by atoms with Gasteiger partial charge in [0.1, 0.15) is 11.3 Å². The van der Waals surface area contributed by atoms with Gasteiger partial charge in [0.2, 0.25) is 6.10 Å². The minimum absolute atomic E-state index is 0.0396. The van der Waals surface area contributed by atoms with E-state index >= 15 is 0 Å². The van der Waals surface area contributed by atoms with Crippen LogP contribution in [0.5, 0.6) is 5.75 Å². The molecule has 27 heavy (non-hydrogen) atoms. The van der Waals surface area contributed by atoms with Gasteiger partial charge in [-0.05, 0) is 30.2 Å². The van der Waals surface area contributed by atoms with E-state index in [4.69, 9.17) is 18.6 Å². The fourth-order valence-corrected chi connectivity index (χ4v) is 2.91. The normalized spacial score (nSPS) is 12.0. The topological polar surface area (TPSA) is 75.0 Å². The maximum atomic E-state index is 12.1. The summed E-state index contributed by atoms with van der Waals surface area (Å²) in [5.74, 6) is -0.174. The number of methoxy groups -OCH3 is 2. The van der Waals surface area contributed by atoms with Crippen molar-refractivity contribution in [2.75, 3.05) is 20.8 Å². The van der Waals surface area contributed by atoms with Gasteiger partial charge in [-0.15, -0.1) is 0 Å². The Morgan fingerprint density at radius 2 is 1.85 bits per heavy atom. The second-order valence-electron chi connectivity index (χ2n) is 6.04. The molecule has 3 rings (SSSR count). The Labute approximate surface area is 156 Å². The van der Waals surface area contributed by atoms with Gasteiger partial charge in [0.15, 0.2) is 0 Å². The first-order valence-corrected chi connectivity index (χ1v) is 8.41. The number of fused-ring (bicyclic) bond motifs is 1. The number of carbonyl (C=O) groups is 1. The summed E-state index contributed by atoms with van der Waals surface area (Å²) < 4.78 is 20.7. The Morgan fingerprint density at radius 1 is 1.07 bits per heavy atom. The van der Waals surface area contributed by atoms with Crippen molar-refractivity contribution in [1.82, 2.24) is 0 Å². The predicted octanol–water partition coefficient (Wildman–Crippen LogP) is 3.34. The van der Waals surface area contributed by atoms with Crippen molar-refractivity contribution in [3.05, 3.63) is 64.5 Å². The van der Waals surface area contributed by atoms with Crippen LogP contribution in [0.4, 0.5) is 0 Å². The summed E-state index contributed by atoms with van der Waals surface area (Å²) in [6.45, 7) is 2.02. The number of hydrogen-bond acceptors (Lipinski definition) is 6. The molecule has 6 nitrogen and oxygen atoms in total. The van der Waals surface area contributed by atoms with Crippen LogP contribution in [0.15, 0.2) is 57.7 Å². The number of benzene rings is 2. The van der Waals surface area contributed by atoms with Crippen LogP contribution in [0.3, 0.4) is 0 Å². The third kappa shape index (κ3) is 4.01. The van der Waals surface area contributed by atoms with Gasteiger partial charge in [-0.1, -0.05) is 24.3 Å². The molecule has 1 heterocycles. The highest BCUT2D eigenvalue weighted by atomic mass is 16.6. The molecule has 0 unspecified atom stereocenters. The van der Waals surface area contributed by atoms with Crippen LogP contribution in [0.2, 0.25) is 0 Å². The van der Waals surface area contributed by atoms with E-state index in [0.717, 1.165) is 22.1 Å². The molecule has 0 saturated carbocycles. The van der Waals surface area contributed by atoms with E-state index < -0.39 is 17.7 Å². The van der Waals surface area contributed by atoms with Crippen molar-refractivity contribution in [2.24, 2.45) is 0 Å². The summed E-state index contributed by atoms with van der Waals surface area (Å²) in [5, 5.41) is 0.776. The largest absolute Gasteiger partial charge is 0.476 e. The minimum atomic E-state index is -0.913. The molecular weight excluding hydrogens is 348 g/mol. The van der Waals surface area contributed by atoms with E-state index in [1.165, 1.54) is 20.3 Å². The molecule has 0 aliphatic rings. The molecule has 0 saturated heterocycles. The molecule has 0 spiro atoms. The Bertz CT molecular complexity index is 1020. The highest BCUT2D eigenvalue weighted by Crippen LogP contribution is 2.31. The van der Waals surface area contributed by atoms with Gasteiger partial charge in [0.25, 0.3) is 0 Å². The fraction of sp³-hybridized carbons (Fsp3) is 0.238. The first kappa shape index (κ1) is 18.7. The van der Waals surface area contributed by atoms with Crippen molar-refractivity contribution < 1.29 is 23.4 Å². The first-order valence-electron chi connectivity index (χ1n) is 8.41. The van der Waals surface area contributed by atoms with Gasteiger partial charge in [0, 0.05) is 30.2 Å². The zero-order chi connectivity index (χ0) is 19.4. The standard InChI is InChI=1S/C21H20O6/c1-13-6-4-5-7-15(13)17-11-20(22)27-18-10-14(8-9-16(17)18)26-19(12-24-2)21(23)25-3/h4-11,19H,12H2,1-3H3/t19-/m0/s1. The van der Waals surface area contributed by atoms with Gasteiger partial charge in [-0.25, -0.2) is 9.59 Å². The molecule has 0 bridgehead atoms.